The molecule has 4 nitrogen and oxygen atoms in total. The molecule has 1 unspecified atom stereocenters. The molecule has 0 N–H and O–H groups in total. The van der Waals surface area contributed by atoms with Crippen molar-refractivity contribution in [3.63, 3.8) is 0 Å². The molecule has 1 atom stereocenters. The Kier molecular flexibility index (Phi) is 3.21. The van der Waals surface area contributed by atoms with Crippen LogP contribution in [0.25, 0.3) is 11.0 Å². The highest BCUT2D eigenvalue weighted by atomic mass is 35.5. The van der Waals surface area contributed by atoms with Crippen LogP contribution in [-0.4, -0.2) is 17.9 Å². The van der Waals surface area contributed by atoms with Crippen LogP contribution < -0.4 is 5.43 Å². The molecular formula is C18H11ClFNO3. The van der Waals surface area contributed by atoms with Crippen LogP contribution in [0.2, 0.25) is 5.02 Å². The van der Waals surface area contributed by atoms with Crippen molar-refractivity contribution in [1.29, 1.82) is 0 Å². The van der Waals surface area contributed by atoms with Gasteiger partial charge in [0, 0.05) is 12.1 Å². The van der Waals surface area contributed by atoms with Crippen LogP contribution in [-0.2, 0) is 0 Å². The number of carbonyl (C=O) groups is 1. The number of hydrogen-bond acceptors (Lipinski definition) is 3. The van der Waals surface area contributed by atoms with Gasteiger partial charge in [-0.2, -0.15) is 0 Å². The van der Waals surface area contributed by atoms with Gasteiger partial charge in [0.25, 0.3) is 5.91 Å². The Hall–Kier alpha value is -2.66. The molecule has 0 spiro atoms. The summed E-state index contributed by atoms with van der Waals surface area (Å²) < 4.78 is 19.1. The molecule has 1 aliphatic heterocycles. The number of nitrogens with zero attached hydrogens (tertiary/aromatic N) is 1. The summed E-state index contributed by atoms with van der Waals surface area (Å²) in [6, 6.07) is 9.98. The molecule has 1 amide bonds. The number of hydrogen-bond donors (Lipinski definition) is 0. The highest BCUT2D eigenvalue weighted by Gasteiger charge is 2.40. The highest BCUT2D eigenvalue weighted by molar-refractivity contribution is 6.30. The van der Waals surface area contributed by atoms with Crippen molar-refractivity contribution in [2.75, 3.05) is 7.05 Å². The van der Waals surface area contributed by atoms with Crippen molar-refractivity contribution in [3.8, 4) is 0 Å². The van der Waals surface area contributed by atoms with Crippen LogP contribution in [0.3, 0.4) is 0 Å². The van der Waals surface area contributed by atoms with Crippen LogP contribution in [0.15, 0.2) is 51.7 Å². The molecule has 120 valence electrons. The average Bonchev–Trinajstić information content (AvgIpc) is 2.81. The molecule has 2 heterocycles. The van der Waals surface area contributed by atoms with Gasteiger partial charge in [-0.1, -0.05) is 23.7 Å². The number of halogens is 2. The van der Waals surface area contributed by atoms with Crippen molar-refractivity contribution in [2.24, 2.45) is 0 Å². The van der Waals surface area contributed by atoms with E-state index in [1.54, 1.807) is 31.3 Å². The van der Waals surface area contributed by atoms with E-state index < -0.39 is 23.2 Å². The van der Waals surface area contributed by atoms with Gasteiger partial charge < -0.3 is 9.32 Å². The molecule has 0 radical (unpaired) electrons. The molecular weight excluding hydrogens is 333 g/mol. The van der Waals surface area contributed by atoms with Crippen LogP contribution >= 0.6 is 11.6 Å². The number of carbonyl (C=O) groups excluding carboxylic acids is 1. The van der Waals surface area contributed by atoms with Gasteiger partial charge >= 0.3 is 0 Å². The van der Waals surface area contributed by atoms with Crippen LogP contribution in [0.5, 0.6) is 0 Å². The predicted octanol–water partition coefficient (Wildman–Crippen LogP) is 3.76. The normalized spacial score (nSPS) is 16.7. The Morgan fingerprint density at radius 3 is 2.71 bits per heavy atom. The first-order valence-corrected chi connectivity index (χ1v) is 7.64. The smallest absolute Gasteiger partial charge is 0.290 e. The van der Waals surface area contributed by atoms with Gasteiger partial charge in [-0.15, -0.1) is 0 Å². The monoisotopic (exact) mass is 343 g/mol. The quantitative estimate of drug-likeness (QED) is 0.676. The Balaban J connectivity index is 2.05. The lowest BCUT2D eigenvalue weighted by atomic mass is 9.99. The fourth-order valence-corrected chi connectivity index (χ4v) is 3.33. The molecule has 3 aromatic rings. The van der Waals surface area contributed by atoms with Crippen molar-refractivity contribution in [3.05, 3.63) is 80.4 Å². The van der Waals surface area contributed by atoms with E-state index in [4.69, 9.17) is 16.0 Å². The lowest BCUT2D eigenvalue weighted by molar-refractivity contribution is 0.0771. The van der Waals surface area contributed by atoms with Gasteiger partial charge in [-0.05, 0) is 35.9 Å². The van der Waals surface area contributed by atoms with E-state index in [-0.39, 0.29) is 22.3 Å². The number of rotatable bonds is 1. The zero-order chi connectivity index (χ0) is 17.0. The third-order valence-corrected chi connectivity index (χ3v) is 4.46. The minimum Gasteiger partial charge on any atom is -0.450 e. The molecule has 1 aromatic heterocycles. The maximum atomic E-state index is 13.5. The molecule has 1 aliphatic rings. The zero-order valence-electron chi connectivity index (χ0n) is 12.5. The summed E-state index contributed by atoms with van der Waals surface area (Å²) in [5.41, 5.74) is 0.685. The minimum atomic E-state index is -0.616. The molecule has 4 rings (SSSR count). The number of benzene rings is 2. The summed E-state index contributed by atoms with van der Waals surface area (Å²) in [5.74, 6) is -0.934. The predicted molar refractivity (Wildman–Crippen MR) is 87.8 cm³/mol. The molecule has 24 heavy (non-hydrogen) atoms. The maximum Gasteiger partial charge on any atom is 0.290 e. The summed E-state index contributed by atoms with van der Waals surface area (Å²) in [7, 11) is 1.59. The van der Waals surface area contributed by atoms with Gasteiger partial charge in [-0.25, -0.2) is 4.39 Å². The largest absolute Gasteiger partial charge is 0.450 e. The molecule has 0 saturated carbocycles. The van der Waals surface area contributed by atoms with Crippen molar-refractivity contribution >= 4 is 28.5 Å². The molecule has 0 fully saturated rings. The van der Waals surface area contributed by atoms with Crippen LogP contribution in [0.4, 0.5) is 4.39 Å². The highest BCUT2D eigenvalue weighted by Crippen LogP contribution is 2.37. The van der Waals surface area contributed by atoms with E-state index in [0.29, 0.717) is 10.6 Å². The van der Waals surface area contributed by atoms with E-state index in [0.717, 1.165) is 6.07 Å². The van der Waals surface area contributed by atoms with Gasteiger partial charge in [0.15, 0.2) is 5.43 Å². The van der Waals surface area contributed by atoms with Crippen LogP contribution in [0, 0.1) is 5.82 Å². The Bertz CT molecular complexity index is 1060. The summed E-state index contributed by atoms with van der Waals surface area (Å²) in [6.45, 7) is 0. The molecule has 6 heteroatoms. The molecule has 2 aromatic carbocycles. The van der Waals surface area contributed by atoms with Gasteiger partial charge in [0.2, 0.25) is 5.76 Å². The summed E-state index contributed by atoms with van der Waals surface area (Å²) in [4.78, 5) is 26.8. The van der Waals surface area contributed by atoms with Gasteiger partial charge in [0.1, 0.15) is 11.4 Å². The Labute approximate surface area is 141 Å². The first kappa shape index (κ1) is 14.9. The van der Waals surface area contributed by atoms with E-state index in [9.17, 15) is 14.0 Å². The summed E-state index contributed by atoms with van der Waals surface area (Å²) in [6.07, 6.45) is 0. The molecule has 0 aliphatic carbocycles. The van der Waals surface area contributed by atoms with E-state index in [1.807, 2.05) is 0 Å². The second-order valence-electron chi connectivity index (χ2n) is 5.69. The summed E-state index contributed by atoms with van der Waals surface area (Å²) in [5, 5.41) is 0.613. The van der Waals surface area contributed by atoms with Crippen molar-refractivity contribution < 1.29 is 13.6 Å². The number of amides is 1. The minimum absolute atomic E-state index is 0.00779. The lowest BCUT2D eigenvalue weighted by Crippen LogP contribution is -2.25. The Morgan fingerprint density at radius 1 is 1.17 bits per heavy atom. The average molecular weight is 344 g/mol. The van der Waals surface area contributed by atoms with E-state index in [2.05, 4.69) is 0 Å². The lowest BCUT2D eigenvalue weighted by Gasteiger charge is -2.20. The molecule has 0 bridgehead atoms. The SMILES string of the molecule is CN1C(=O)c2oc3ccc(F)cc3c(=O)c2C1c1cccc(Cl)c1. The fourth-order valence-electron chi connectivity index (χ4n) is 3.13. The number of fused-ring (bicyclic) bond motifs is 2. The topological polar surface area (TPSA) is 50.5 Å². The second-order valence-corrected chi connectivity index (χ2v) is 6.12. The fraction of sp³-hybridized carbons (Fsp3) is 0.111. The maximum absolute atomic E-state index is 13.5. The van der Waals surface area contributed by atoms with E-state index >= 15 is 0 Å². The second kappa shape index (κ2) is 5.18. The Morgan fingerprint density at radius 2 is 1.96 bits per heavy atom. The third-order valence-electron chi connectivity index (χ3n) is 4.23. The summed E-state index contributed by atoms with van der Waals surface area (Å²) >= 11 is 6.04. The first-order valence-electron chi connectivity index (χ1n) is 7.26. The van der Waals surface area contributed by atoms with E-state index in [1.165, 1.54) is 17.0 Å². The van der Waals surface area contributed by atoms with Crippen molar-refractivity contribution in [2.45, 2.75) is 6.04 Å². The van der Waals surface area contributed by atoms with Crippen LogP contribution in [0.1, 0.15) is 27.7 Å². The molecule has 0 saturated heterocycles. The van der Waals surface area contributed by atoms with Gasteiger partial charge in [0.05, 0.1) is 17.0 Å². The van der Waals surface area contributed by atoms with Gasteiger partial charge in [-0.3, -0.25) is 9.59 Å². The zero-order valence-corrected chi connectivity index (χ0v) is 13.3. The standard InChI is InChI=1S/C18H11ClFNO3/c1-21-15(9-3-2-4-10(19)7-9)14-16(22)12-8-11(20)5-6-13(12)24-17(14)18(21)23/h2-8,15H,1H3. The third kappa shape index (κ3) is 2.05. The first-order chi connectivity index (χ1) is 11.5. The van der Waals surface area contributed by atoms with Crippen molar-refractivity contribution in [1.82, 2.24) is 4.90 Å².